The predicted octanol–water partition coefficient (Wildman–Crippen LogP) is 2.82. The molecular weight excluding hydrogens is 224 g/mol. The first-order valence-electron chi connectivity index (χ1n) is 6.75. The third kappa shape index (κ3) is 1.96. The lowest BCUT2D eigenvalue weighted by atomic mass is 9.98. The van der Waals surface area contributed by atoms with E-state index in [-0.39, 0.29) is 0 Å². The average molecular weight is 244 g/mol. The minimum absolute atomic E-state index is 0.783. The molecule has 0 radical (unpaired) electrons. The van der Waals surface area contributed by atoms with E-state index < -0.39 is 0 Å². The number of nitrogens with one attached hydrogen (secondary N) is 1. The zero-order chi connectivity index (χ0) is 12.5. The molecule has 3 rings (SSSR count). The van der Waals surface area contributed by atoms with Crippen LogP contribution in [-0.2, 0) is 7.05 Å². The van der Waals surface area contributed by atoms with Gasteiger partial charge in [0, 0.05) is 19.8 Å². The molecule has 0 aliphatic heterocycles. The lowest BCUT2D eigenvalue weighted by Crippen LogP contribution is -2.17. The van der Waals surface area contributed by atoms with E-state index >= 15 is 0 Å². The van der Waals surface area contributed by atoms with Gasteiger partial charge in [-0.1, -0.05) is 19.8 Å². The minimum Gasteiger partial charge on any atom is -0.368 e. The highest BCUT2D eigenvalue weighted by Gasteiger charge is 2.23. The molecule has 0 aromatic carbocycles. The number of hydrogen-bond donors (Lipinski definition) is 1. The number of hydrogen-bond acceptors (Lipinski definition) is 3. The zero-order valence-electron chi connectivity index (χ0n) is 11.1. The molecule has 2 atom stereocenters. The summed E-state index contributed by atoms with van der Waals surface area (Å²) in [5.74, 6) is 2.54. The molecule has 2 aromatic rings. The number of imidazole rings is 1. The molecule has 1 saturated carbocycles. The Balaban J connectivity index is 1.78. The van der Waals surface area contributed by atoms with Gasteiger partial charge < -0.3 is 9.88 Å². The van der Waals surface area contributed by atoms with E-state index in [4.69, 9.17) is 0 Å². The molecule has 1 N–H and O–H groups in total. The summed E-state index contributed by atoms with van der Waals surface area (Å²) in [5.41, 5.74) is 2.11. The van der Waals surface area contributed by atoms with Gasteiger partial charge >= 0.3 is 0 Å². The second kappa shape index (κ2) is 4.59. The number of aryl methyl sites for hydroxylation is 1. The molecule has 1 aliphatic carbocycles. The van der Waals surface area contributed by atoms with Gasteiger partial charge in [0.05, 0.1) is 11.8 Å². The molecule has 96 valence electrons. The van der Waals surface area contributed by atoms with Crippen molar-refractivity contribution in [3.05, 3.63) is 18.6 Å². The summed E-state index contributed by atoms with van der Waals surface area (Å²) >= 11 is 0. The first-order valence-corrected chi connectivity index (χ1v) is 6.75. The molecule has 4 nitrogen and oxygen atoms in total. The summed E-state index contributed by atoms with van der Waals surface area (Å²) in [6, 6.07) is 2.01. The smallest absolute Gasteiger partial charge is 0.154 e. The van der Waals surface area contributed by atoms with E-state index in [0.717, 1.165) is 35.2 Å². The molecule has 0 bridgehead atoms. The Morgan fingerprint density at radius 3 is 3.06 bits per heavy atom. The van der Waals surface area contributed by atoms with E-state index in [1.807, 2.05) is 30.2 Å². The van der Waals surface area contributed by atoms with Crippen molar-refractivity contribution in [2.45, 2.75) is 26.2 Å². The lowest BCUT2D eigenvalue weighted by molar-refractivity contribution is 0.439. The van der Waals surface area contributed by atoms with E-state index in [9.17, 15) is 0 Å². The highest BCUT2D eigenvalue weighted by molar-refractivity contribution is 5.85. The molecule has 2 heterocycles. The fraction of sp³-hybridized carbons (Fsp3) is 0.571. The Kier molecular flexibility index (Phi) is 2.94. The molecule has 0 spiro atoms. The van der Waals surface area contributed by atoms with Crippen molar-refractivity contribution in [1.29, 1.82) is 0 Å². The first-order chi connectivity index (χ1) is 8.75. The largest absolute Gasteiger partial charge is 0.368 e. The van der Waals surface area contributed by atoms with Crippen molar-refractivity contribution in [3.8, 4) is 0 Å². The van der Waals surface area contributed by atoms with Crippen LogP contribution >= 0.6 is 0 Å². The van der Waals surface area contributed by atoms with Crippen LogP contribution < -0.4 is 5.32 Å². The summed E-state index contributed by atoms with van der Waals surface area (Å²) in [4.78, 5) is 8.84. The van der Waals surface area contributed by atoms with Crippen LogP contribution in [0.1, 0.15) is 26.2 Å². The van der Waals surface area contributed by atoms with Crippen molar-refractivity contribution in [2.24, 2.45) is 18.9 Å². The predicted molar refractivity (Wildman–Crippen MR) is 73.5 cm³/mol. The third-order valence-electron chi connectivity index (χ3n) is 4.21. The lowest BCUT2D eigenvalue weighted by Gasteiger charge is -2.16. The summed E-state index contributed by atoms with van der Waals surface area (Å²) in [5, 5.41) is 3.49. The maximum absolute atomic E-state index is 4.42. The SMILES string of the molecule is CC1CCCC1CNc1nccc2c1ncn2C. The summed E-state index contributed by atoms with van der Waals surface area (Å²) < 4.78 is 2.03. The number of fused-ring (bicyclic) bond motifs is 1. The van der Waals surface area contributed by atoms with E-state index in [1.54, 1.807) is 0 Å². The van der Waals surface area contributed by atoms with Gasteiger partial charge in [0.1, 0.15) is 5.52 Å². The van der Waals surface area contributed by atoms with Crippen LogP contribution in [0.4, 0.5) is 5.82 Å². The van der Waals surface area contributed by atoms with E-state index in [2.05, 4.69) is 22.2 Å². The van der Waals surface area contributed by atoms with E-state index in [0.29, 0.717) is 0 Å². The second-order valence-electron chi connectivity index (χ2n) is 5.43. The Morgan fingerprint density at radius 2 is 2.28 bits per heavy atom. The minimum atomic E-state index is 0.783. The summed E-state index contributed by atoms with van der Waals surface area (Å²) in [6.45, 7) is 3.37. The van der Waals surface area contributed by atoms with Crippen LogP contribution in [0.5, 0.6) is 0 Å². The van der Waals surface area contributed by atoms with Crippen molar-refractivity contribution in [2.75, 3.05) is 11.9 Å². The van der Waals surface area contributed by atoms with Gasteiger partial charge in [-0.2, -0.15) is 0 Å². The average Bonchev–Trinajstić information content (AvgIpc) is 2.95. The normalized spacial score (nSPS) is 23.7. The van der Waals surface area contributed by atoms with Crippen LogP contribution in [-0.4, -0.2) is 21.1 Å². The molecule has 2 aromatic heterocycles. The standard InChI is InChI=1S/C14H20N4/c1-10-4-3-5-11(10)8-16-14-13-12(6-7-15-14)18(2)9-17-13/h6-7,9-11H,3-5,8H2,1-2H3,(H,15,16). The highest BCUT2D eigenvalue weighted by atomic mass is 15.1. The summed E-state index contributed by atoms with van der Waals surface area (Å²) in [6.07, 6.45) is 7.77. The van der Waals surface area contributed by atoms with Crippen LogP contribution in [0.2, 0.25) is 0 Å². The Hall–Kier alpha value is -1.58. The molecule has 1 fully saturated rings. The van der Waals surface area contributed by atoms with Gasteiger partial charge in [-0.15, -0.1) is 0 Å². The van der Waals surface area contributed by atoms with Gasteiger partial charge in [0.15, 0.2) is 5.82 Å². The molecule has 1 aliphatic rings. The van der Waals surface area contributed by atoms with Gasteiger partial charge in [0.2, 0.25) is 0 Å². The fourth-order valence-corrected chi connectivity index (χ4v) is 2.94. The molecule has 0 amide bonds. The Labute approximate surface area is 107 Å². The van der Waals surface area contributed by atoms with Gasteiger partial charge in [-0.05, 0) is 24.3 Å². The molecule has 2 unspecified atom stereocenters. The second-order valence-corrected chi connectivity index (χ2v) is 5.43. The maximum atomic E-state index is 4.42. The number of nitrogens with zero attached hydrogens (tertiary/aromatic N) is 3. The molecule has 18 heavy (non-hydrogen) atoms. The van der Waals surface area contributed by atoms with Crippen molar-refractivity contribution in [1.82, 2.24) is 14.5 Å². The topological polar surface area (TPSA) is 42.7 Å². The number of anilines is 1. The summed E-state index contributed by atoms with van der Waals surface area (Å²) in [7, 11) is 2.01. The van der Waals surface area contributed by atoms with Crippen molar-refractivity contribution in [3.63, 3.8) is 0 Å². The van der Waals surface area contributed by atoms with Crippen LogP contribution in [0.3, 0.4) is 0 Å². The van der Waals surface area contributed by atoms with Crippen LogP contribution in [0, 0.1) is 11.8 Å². The monoisotopic (exact) mass is 244 g/mol. The Bertz CT molecular complexity index is 546. The fourth-order valence-electron chi connectivity index (χ4n) is 2.94. The quantitative estimate of drug-likeness (QED) is 0.902. The molecule has 4 heteroatoms. The zero-order valence-corrected chi connectivity index (χ0v) is 11.1. The van der Waals surface area contributed by atoms with Gasteiger partial charge in [0.25, 0.3) is 0 Å². The third-order valence-corrected chi connectivity index (χ3v) is 4.21. The van der Waals surface area contributed by atoms with Crippen LogP contribution in [0.15, 0.2) is 18.6 Å². The van der Waals surface area contributed by atoms with E-state index in [1.165, 1.54) is 19.3 Å². The number of aromatic nitrogens is 3. The van der Waals surface area contributed by atoms with Crippen molar-refractivity contribution < 1.29 is 0 Å². The maximum Gasteiger partial charge on any atom is 0.154 e. The number of pyridine rings is 1. The first kappa shape index (κ1) is 11.5. The van der Waals surface area contributed by atoms with Crippen LogP contribution in [0.25, 0.3) is 11.0 Å². The molecular formula is C14H20N4. The number of rotatable bonds is 3. The van der Waals surface area contributed by atoms with Crippen molar-refractivity contribution >= 4 is 16.9 Å². The molecule has 0 saturated heterocycles. The Morgan fingerprint density at radius 1 is 1.39 bits per heavy atom. The van der Waals surface area contributed by atoms with Gasteiger partial charge in [-0.25, -0.2) is 9.97 Å². The van der Waals surface area contributed by atoms with Gasteiger partial charge in [-0.3, -0.25) is 0 Å². The highest BCUT2D eigenvalue weighted by Crippen LogP contribution is 2.31.